The maximum Gasteiger partial charge on any atom is 0.307 e. The van der Waals surface area contributed by atoms with Crippen LogP contribution in [-0.2, 0) is 17.9 Å². The van der Waals surface area contributed by atoms with Gasteiger partial charge in [-0.3, -0.25) is 14.7 Å². The third-order valence-corrected chi connectivity index (χ3v) is 9.56. The van der Waals surface area contributed by atoms with Crippen molar-refractivity contribution < 1.29 is 19.4 Å². The van der Waals surface area contributed by atoms with E-state index >= 15 is 0 Å². The van der Waals surface area contributed by atoms with Gasteiger partial charge < -0.3 is 25.3 Å². The van der Waals surface area contributed by atoms with Gasteiger partial charge in [0.25, 0.3) is 0 Å². The number of rotatable bonds is 11. The average molecular weight is 682 g/mol. The fourth-order valence-corrected chi connectivity index (χ4v) is 6.89. The van der Waals surface area contributed by atoms with Crippen molar-refractivity contribution in [3.8, 4) is 28.7 Å². The maximum atomic E-state index is 11.4. The first kappa shape index (κ1) is 33.8. The van der Waals surface area contributed by atoms with E-state index in [9.17, 15) is 20.3 Å². The zero-order valence-corrected chi connectivity index (χ0v) is 28.8. The number of nitrogens with one attached hydrogen (secondary N) is 2. The Bertz CT molecular complexity index is 2310. The van der Waals surface area contributed by atoms with E-state index < -0.39 is 12.1 Å². The Morgan fingerprint density at radius 1 is 1.06 bits per heavy atom. The summed E-state index contributed by atoms with van der Waals surface area (Å²) < 4.78 is 6.27. The fraction of sp³-hybridized carbons (Fsp3) is 0.275. The lowest BCUT2D eigenvalue weighted by molar-refractivity contribution is -0.141. The number of aliphatic carboxylic acids is 1. The molecule has 4 N–H and O–H groups in total. The second-order valence-electron chi connectivity index (χ2n) is 13.3. The van der Waals surface area contributed by atoms with Crippen molar-refractivity contribution in [2.45, 2.75) is 46.4 Å². The highest BCUT2D eigenvalue weighted by Crippen LogP contribution is 2.38. The highest BCUT2D eigenvalue weighted by Gasteiger charge is 2.28. The van der Waals surface area contributed by atoms with Crippen LogP contribution in [0.4, 0.5) is 11.5 Å². The molecular formula is C40H39N7O4. The normalized spacial score (nSPS) is 15.3. The number of carbonyl (C=O) groups is 1. The first-order chi connectivity index (χ1) is 24.7. The number of nitriles is 1. The van der Waals surface area contributed by atoms with Crippen LogP contribution in [0.2, 0.25) is 0 Å². The molecule has 1 saturated heterocycles. The molecule has 0 spiro atoms. The molecule has 11 nitrogen and oxygen atoms in total. The van der Waals surface area contributed by atoms with Gasteiger partial charge in [0, 0.05) is 55.2 Å². The predicted molar refractivity (Wildman–Crippen MR) is 196 cm³/mol. The van der Waals surface area contributed by atoms with Crippen molar-refractivity contribution >= 4 is 39.5 Å². The van der Waals surface area contributed by atoms with Crippen molar-refractivity contribution in [2.24, 2.45) is 5.92 Å². The molecule has 51 heavy (non-hydrogen) atoms. The number of aliphatic hydroxyl groups is 1. The molecule has 1 aliphatic rings. The number of nitrogens with zero attached hydrogens (tertiary/aromatic N) is 5. The zero-order valence-electron chi connectivity index (χ0n) is 28.8. The lowest BCUT2D eigenvalue weighted by atomic mass is 9.93. The summed E-state index contributed by atoms with van der Waals surface area (Å²) in [7, 11) is 0. The van der Waals surface area contributed by atoms with Gasteiger partial charge >= 0.3 is 5.97 Å². The van der Waals surface area contributed by atoms with E-state index in [1.54, 1.807) is 13.1 Å². The number of carboxylic acid groups (broad SMARTS) is 1. The Kier molecular flexibility index (Phi) is 9.47. The molecule has 0 radical (unpaired) electrons. The number of hydrogen-bond donors (Lipinski definition) is 4. The van der Waals surface area contributed by atoms with Crippen LogP contribution < -0.4 is 10.6 Å². The van der Waals surface area contributed by atoms with Crippen LogP contribution in [0.5, 0.6) is 0 Å². The Balaban J connectivity index is 1.16. The molecule has 2 unspecified atom stereocenters. The summed E-state index contributed by atoms with van der Waals surface area (Å²) in [6.45, 7) is 8.72. The monoisotopic (exact) mass is 681 g/mol. The van der Waals surface area contributed by atoms with Crippen molar-refractivity contribution in [3.63, 3.8) is 0 Å². The molecule has 0 amide bonds. The fourth-order valence-electron chi connectivity index (χ4n) is 6.89. The lowest BCUT2D eigenvalue weighted by Gasteiger charge is -2.16. The van der Waals surface area contributed by atoms with Gasteiger partial charge in [0.2, 0.25) is 5.89 Å². The minimum Gasteiger partial charge on any atom is -0.481 e. The number of fused-ring (bicyclic) bond motifs is 2. The van der Waals surface area contributed by atoms with Crippen LogP contribution in [0.1, 0.15) is 41.2 Å². The van der Waals surface area contributed by atoms with Gasteiger partial charge in [-0.05, 0) is 104 Å². The minimum absolute atomic E-state index is 0.366. The van der Waals surface area contributed by atoms with Gasteiger partial charge in [0.1, 0.15) is 17.1 Å². The highest BCUT2D eigenvalue weighted by molar-refractivity contribution is 5.91. The summed E-state index contributed by atoms with van der Waals surface area (Å²) in [6, 6.07) is 22.2. The molecule has 258 valence electrons. The first-order valence-corrected chi connectivity index (χ1v) is 17.1. The second kappa shape index (κ2) is 14.3. The van der Waals surface area contributed by atoms with Crippen molar-refractivity contribution in [2.75, 3.05) is 25.0 Å². The molecule has 1 aliphatic heterocycles. The molecule has 7 rings (SSSR count). The number of benzene rings is 3. The summed E-state index contributed by atoms with van der Waals surface area (Å²) in [4.78, 5) is 27.7. The molecule has 0 aliphatic carbocycles. The Morgan fingerprint density at radius 3 is 2.61 bits per heavy atom. The standard InChI is InChI=1S/C40H39N7O4/c1-23(48)18-42-19-27-15-28-10-12-43-38(36(28)44-20-27)45-34-9-5-7-32(25(34)3)31-6-4-8-33(24(31)2)39-46-35-16-26(14-30(17-41)37(35)51-39)21-47-13-11-29(22-47)40(49)50/h4-10,12,14-16,20,23,29,42,48H,11,13,18-19,21-22H2,1-3H3,(H,43,45)(H,49,50). The summed E-state index contributed by atoms with van der Waals surface area (Å²) in [6.07, 6.45) is 3.81. The molecule has 6 aromatic rings. The molecule has 4 heterocycles. The van der Waals surface area contributed by atoms with Gasteiger partial charge in [-0.15, -0.1) is 0 Å². The minimum atomic E-state index is -0.768. The van der Waals surface area contributed by atoms with Crippen LogP contribution in [0.25, 0.3) is 44.6 Å². The van der Waals surface area contributed by atoms with Gasteiger partial charge in [-0.25, -0.2) is 9.97 Å². The van der Waals surface area contributed by atoms with Crippen LogP contribution in [0, 0.1) is 31.1 Å². The van der Waals surface area contributed by atoms with Crippen LogP contribution in [0.3, 0.4) is 0 Å². The summed E-state index contributed by atoms with van der Waals surface area (Å²) in [5.74, 6) is -0.0414. The summed E-state index contributed by atoms with van der Waals surface area (Å²) in [5.41, 5.74) is 9.95. The topological polar surface area (TPSA) is 160 Å². The number of aromatic nitrogens is 3. The van der Waals surface area contributed by atoms with E-state index in [0.29, 0.717) is 67.5 Å². The second-order valence-corrected chi connectivity index (χ2v) is 13.3. The zero-order chi connectivity index (χ0) is 35.6. The van der Waals surface area contributed by atoms with Gasteiger partial charge in [-0.1, -0.05) is 24.3 Å². The largest absolute Gasteiger partial charge is 0.481 e. The molecule has 0 bridgehead atoms. The van der Waals surface area contributed by atoms with E-state index in [1.165, 1.54) is 0 Å². The SMILES string of the molecule is Cc1c(Nc2nccc3cc(CNCC(C)O)cnc23)cccc1-c1cccc(-c2nc3cc(CN4CCC(C(=O)O)C4)cc(C#N)c3o2)c1C. The molecule has 2 atom stereocenters. The number of anilines is 2. The third-order valence-electron chi connectivity index (χ3n) is 9.56. The van der Waals surface area contributed by atoms with Crippen molar-refractivity contribution in [3.05, 3.63) is 101 Å². The quantitative estimate of drug-likeness (QED) is 0.115. The van der Waals surface area contributed by atoms with Gasteiger partial charge in [0.05, 0.1) is 17.6 Å². The van der Waals surface area contributed by atoms with E-state index in [-0.39, 0.29) is 5.92 Å². The number of aliphatic hydroxyl groups excluding tert-OH is 1. The van der Waals surface area contributed by atoms with Crippen molar-refractivity contribution in [1.82, 2.24) is 25.2 Å². The lowest BCUT2D eigenvalue weighted by Crippen LogP contribution is -2.23. The van der Waals surface area contributed by atoms with Gasteiger partial charge in [0.15, 0.2) is 11.4 Å². The number of hydrogen-bond acceptors (Lipinski definition) is 10. The van der Waals surface area contributed by atoms with E-state index in [4.69, 9.17) is 14.4 Å². The molecular weight excluding hydrogens is 642 g/mol. The summed E-state index contributed by atoms with van der Waals surface area (Å²) >= 11 is 0. The molecule has 3 aromatic carbocycles. The number of oxazole rings is 1. The summed E-state index contributed by atoms with van der Waals surface area (Å²) in [5, 5.41) is 36.7. The predicted octanol–water partition coefficient (Wildman–Crippen LogP) is 6.71. The first-order valence-electron chi connectivity index (χ1n) is 17.1. The van der Waals surface area contributed by atoms with Crippen molar-refractivity contribution in [1.29, 1.82) is 5.26 Å². The Hall–Kier alpha value is -5.67. The van der Waals surface area contributed by atoms with E-state index in [1.807, 2.05) is 55.6 Å². The molecule has 11 heteroatoms. The van der Waals surface area contributed by atoms with Crippen LogP contribution >= 0.6 is 0 Å². The number of pyridine rings is 2. The smallest absolute Gasteiger partial charge is 0.307 e. The maximum absolute atomic E-state index is 11.4. The Morgan fingerprint density at radius 2 is 1.84 bits per heavy atom. The van der Waals surface area contributed by atoms with Gasteiger partial charge in [-0.2, -0.15) is 5.26 Å². The van der Waals surface area contributed by atoms with Crippen LogP contribution in [-0.4, -0.2) is 61.8 Å². The number of carboxylic acids is 1. The van der Waals surface area contributed by atoms with Crippen LogP contribution in [0.15, 0.2) is 77.5 Å². The molecule has 0 saturated carbocycles. The average Bonchev–Trinajstić information content (AvgIpc) is 3.77. The molecule has 3 aromatic heterocycles. The highest BCUT2D eigenvalue weighted by atomic mass is 16.4. The Labute approximate surface area is 295 Å². The van der Waals surface area contributed by atoms with E-state index in [2.05, 4.69) is 51.7 Å². The third kappa shape index (κ3) is 7.03. The van der Waals surface area contributed by atoms with E-state index in [0.717, 1.165) is 55.5 Å². The number of likely N-dealkylation sites (tertiary alicyclic amines) is 1. The molecule has 1 fully saturated rings.